The Morgan fingerprint density at radius 3 is 2.45 bits per heavy atom. The van der Waals surface area contributed by atoms with Crippen LogP contribution in [0.4, 0.5) is 0 Å². The van der Waals surface area contributed by atoms with E-state index in [2.05, 4.69) is 20.8 Å². The Balaban J connectivity index is 2.12. The highest BCUT2D eigenvalue weighted by Gasteiger charge is 2.41. The Morgan fingerprint density at radius 1 is 1.09 bits per heavy atom. The van der Waals surface area contributed by atoms with Gasteiger partial charge in [0.2, 0.25) is 0 Å². The SMILES string of the molecule is CC1CC2CC1CC(C)(C)C2. The lowest BCUT2D eigenvalue weighted by Crippen LogP contribution is -2.23. The molecule has 0 radical (unpaired) electrons. The molecule has 0 heteroatoms. The second kappa shape index (κ2) is 2.24. The normalized spacial score (nSPS) is 47.7. The van der Waals surface area contributed by atoms with Gasteiger partial charge in [-0.1, -0.05) is 20.8 Å². The third-order valence-electron chi connectivity index (χ3n) is 3.80. The molecule has 2 fully saturated rings. The van der Waals surface area contributed by atoms with Gasteiger partial charge in [-0.3, -0.25) is 0 Å². The van der Waals surface area contributed by atoms with E-state index in [-0.39, 0.29) is 0 Å². The molecule has 3 unspecified atom stereocenters. The summed E-state index contributed by atoms with van der Waals surface area (Å²) in [5.41, 5.74) is 0.665. The lowest BCUT2D eigenvalue weighted by molar-refractivity contribution is 0.165. The molecular formula is C11H20. The molecule has 0 aromatic rings. The van der Waals surface area contributed by atoms with Crippen LogP contribution in [0.3, 0.4) is 0 Å². The summed E-state index contributed by atoms with van der Waals surface area (Å²) in [5.74, 6) is 3.18. The van der Waals surface area contributed by atoms with Gasteiger partial charge in [0, 0.05) is 0 Å². The van der Waals surface area contributed by atoms with E-state index >= 15 is 0 Å². The molecule has 0 spiro atoms. The van der Waals surface area contributed by atoms with E-state index in [0.717, 1.165) is 17.8 Å². The molecule has 0 aliphatic heterocycles. The largest absolute Gasteiger partial charge is 0.0622 e. The van der Waals surface area contributed by atoms with E-state index in [1.54, 1.807) is 6.42 Å². The standard InChI is InChI=1S/C11H20/c1-8-4-9-5-10(8)7-11(2,3)6-9/h8-10H,4-7H2,1-3H3. The lowest BCUT2D eigenvalue weighted by atomic mass is 9.71. The first-order chi connectivity index (χ1) is 5.07. The molecule has 0 nitrogen and oxygen atoms in total. The van der Waals surface area contributed by atoms with Gasteiger partial charge in [0.05, 0.1) is 0 Å². The van der Waals surface area contributed by atoms with Gasteiger partial charge >= 0.3 is 0 Å². The van der Waals surface area contributed by atoms with Crippen molar-refractivity contribution in [1.82, 2.24) is 0 Å². The van der Waals surface area contributed by atoms with Crippen molar-refractivity contribution in [3.8, 4) is 0 Å². The molecule has 0 saturated heterocycles. The first-order valence-corrected chi connectivity index (χ1v) is 5.07. The van der Waals surface area contributed by atoms with Gasteiger partial charge in [-0.15, -0.1) is 0 Å². The third kappa shape index (κ3) is 1.32. The van der Waals surface area contributed by atoms with Crippen molar-refractivity contribution in [3.63, 3.8) is 0 Å². The average molecular weight is 152 g/mol. The average Bonchev–Trinajstić information content (AvgIpc) is 2.05. The van der Waals surface area contributed by atoms with Crippen LogP contribution in [0, 0.1) is 23.2 Å². The molecule has 2 bridgehead atoms. The molecule has 2 rings (SSSR count). The molecule has 64 valence electrons. The Bertz CT molecular complexity index is 155. The van der Waals surface area contributed by atoms with Gasteiger partial charge in [0.1, 0.15) is 0 Å². The van der Waals surface area contributed by atoms with E-state index in [4.69, 9.17) is 0 Å². The maximum absolute atomic E-state index is 2.45. The molecule has 0 N–H and O–H groups in total. The molecule has 11 heavy (non-hydrogen) atoms. The smallest absolute Gasteiger partial charge is 0.0349 e. The van der Waals surface area contributed by atoms with Gasteiger partial charge in [0.25, 0.3) is 0 Å². The van der Waals surface area contributed by atoms with Crippen LogP contribution in [-0.4, -0.2) is 0 Å². The summed E-state index contributed by atoms with van der Waals surface area (Å²) in [6.45, 7) is 7.35. The van der Waals surface area contributed by atoms with Gasteiger partial charge in [-0.2, -0.15) is 0 Å². The summed E-state index contributed by atoms with van der Waals surface area (Å²) in [6.07, 6.45) is 6.05. The minimum absolute atomic E-state index is 0.665. The van der Waals surface area contributed by atoms with Gasteiger partial charge in [0.15, 0.2) is 0 Å². The van der Waals surface area contributed by atoms with Gasteiger partial charge < -0.3 is 0 Å². The maximum Gasteiger partial charge on any atom is -0.0349 e. The molecule has 0 amide bonds. The van der Waals surface area contributed by atoms with Crippen LogP contribution in [0.25, 0.3) is 0 Å². The quantitative estimate of drug-likeness (QED) is 0.498. The fraction of sp³-hybridized carbons (Fsp3) is 1.00. The minimum Gasteiger partial charge on any atom is -0.0622 e. The maximum atomic E-state index is 2.45. The van der Waals surface area contributed by atoms with Crippen LogP contribution in [0.1, 0.15) is 46.5 Å². The van der Waals surface area contributed by atoms with Crippen molar-refractivity contribution in [2.75, 3.05) is 0 Å². The first kappa shape index (κ1) is 7.64. The summed E-state index contributed by atoms with van der Waals surface area (Å²) < 4.78 is 0. The zero-order valence-corrected chi connectivity index (χ0v) is 8.06. The highest BCUT2D eigenvalue weighted by Crippen LogP contribution is 2.52. The number of rotatable bonds is 0. The summed E-state index contributed by atoms with van der Waals surface area (Å²) in [4.78, 5) is 0. The van der Waals surface area contributed by atoms with Crippen molar-refractivity contribution in [3.05, 3.63) is 0 Å². The summed E-state index contributed by atoms with van der Waals surface area (Å²) in [5, 5.41) is 0. The summed E-state index contributed by atoms with van der Waals surface area (Å²) >= 11 is 0. The third-order valence-corrected chi connectivity index (χ3v) is 3.80. The predicted molar refractivity (Wildman–Crippen MR) is 48.4 cm³/mol. The summed E-state index contributed by atoms with van der Waals surface area (Å²) in [7, 11) is 0. The van der Waals surface area contributed by atoms with Crippen LogP contribution < -0.4 is 0 Å². The highest BCUT2D eigenvalue weighted by atomic mass is 14.5. The Hall–Kier alpha value is 0. The van der Waals surface area contributed by atoms with Crippen molar-refractivity contribution in [2.24, 2.45) is 23.2 Å². The van der Waals surface area contributed by atoms with E-state index in [9.17, 15) is 0 Å². The van der Waals surface area contributed by atoms with Crippen molar-refractivity contribution >= 4 is 0 Å². The molecule has 3 atom stereocenters. The van der Waals surface area contributed by atoms with Crippen LogP contribution in [0.5, 0.6) is 0 Å². The molecular weight excluding hydrogens is 132 g/mol. The van der Waals surface area contributed by atoms with Gasteiger partial charge in [-0.05, 0) is 48.9 Å². The van der Waals surface area contributed by atoms with Crippen LogP contribution >= 0.6 is 0 Å². The second-order valence-electron chi connectivity index (χ2n) is 5.65. The number of hydrogen-bond donors (Lipinski definition) is 0. The topological polar surface area (TPSA) is 0 Å². The fourth-order valence-electron chi connectivity index (χ4n) is 3.50. The molecule has 0 heterocycles. The van der Waals surface area contributed by atoms with E-state index in [0.29, 0.717) is 5.41 Å². The van der Waals surface area contributed by atoms with E-state index in [1.807, 2.05) is 0 Å². The molecule has 2 aliphatic rings. The lowest BCUT2D eigenvalue weighted by Gasteiger charge is -2.34. The Labute approximate surface area is 70.4 Å². The Morgan fingerprint density at radius 2 is 1.82 bits per heavy atom. The van der Waals surface area contributed by atoms with Crippen molar-refractivity contribution in [2.45, 2.75) is 46.5 Å². The molecule has 0 aromatic heterocycles. The molecule has 2 saturated carbocycles. The van der Waals surface area contributed by atoms with E-state index < -0.39 is 0 Å². The van der Waals surface area contributed by atoms with Crippen molar-refractivity contribution in [1.29, 1.82) is 0 Å². The van der Waals surface area contributed by atoms with Crippen LogP contribution in [-0.2, 0) is 0 Å². The zero-order chi connectivity index (χ0) is 8.06. The van der Waals surface area contributed by atoms with E-state index in [1.165, 1.54) is 19.3 Å². The Kier molecular flexibility index (Phi) is 1.56. The van der Waals surface area contributed by atoms with Crippen LogP contribution in [0.15, 0.2) is 0 Å². The van der Waals surface area contributed by atoms with Gasteiger partial charge in [-0.25, -0.2) is 0 Å². The predicted octanol–water partition coefficient (Wildman–Crippen LogP) is 3.47. The first-order valence-electron chi connectivity index (χ1n) is 5.07. The molecule has 0 aromatic carbocycles. The number of hydrogen-bond acceptors (Lipinski definition) is 0. The zero-order valence-electron chi connectivity index (χ0n) is 8.06. The van der Waals surface area contributed by atoms with Crippen molar-refractivity contribution < 1.29 is 0 Å². The number of fused-ring (bicyclic) bond motifs is 2. The summed E-state index contributed by atoms with van der Waals surface area (Å²) in [6, 6.07) is 0. The monoisotopic (exact) mass is 152 g/mol. The second-order valence-corrected chi connectivity index (χ2v) is 5.65. The molecule has 2 aliphatic carbocycles. The minimum atomic E-state index is 0.665. The highest BCUT2D eigenvalue weighted by molar-refractivity contribution is 4.92. The fourth-order valence-corrected chi connectivity index (χ4v) is 3.50. The van der Waals surface area contributed by atoms with Crippen LogP contribution in [0.2, 0.25) is 0 Å².